The van der Waals surface area contributed by atoms with Crippen LogP contribution in [0.25, 0.3) is 5.76 Å². The minimum Gasteiger partial charge on any atom is -0.507 e. The summed E-state index contributed by atoms with van der Waals surface area (Å²) in [6, 6.07) is 19.7. The summed E-state index contributed by atoms with van der Waals surface area (Å²) in [6.45, 7) is 2.36. The lowest BCUT2D eigenvalue weighted by Crippen LogP contribution is -2.31. The molecule has 1 fully saturated rings. The van der Waals surface area contributed by atoms with E-state index >= 15 is 0 Å². The molecular weight excluding hydrogens is 522 g/mol. The fourth-order valence-electron chi connectivity index (χ4n) is 4.44. The van der Waals surface area contributed by atoms with Crippen molar-refractivity contribution in [2.45, 2.75) is 25.8 Å². The first-order valence-corrected chi connectivity index (χ1v) is 12.5. The van der Waals surface area contributed by atoms with Gasteiger partial charge in [0.25, 0.3) is 11.7 Å². The third kappa shape index (κ3) is 5.02. The Morgan fingerprint density at radius 3 is 2.17 bits per heavy atom. The SMILES string of the molecule is CCc1ccc([C@@H]2C(=C(O)c3ccc(Br)cc3)C(=O)C(=O)N2CCc2ccc(OC)c(OC)c2)cc1. The number of aliphatic hydroxyl groups excluding tert-OH is 1. The predicted molar refractivity (Wildman–Crippen MR) is 142 cm³/mol. The van der Waals surface area contributed by atoms with Crippen molar-refractivity contribution in [3.8, 4) is 11.5 Å². The summed E-state index contributed by atoms with van der Waals surface area (Å²) < 4.78 is 11.6. The molecule has 7 heteroatoms. The lowest BCUT2D eigenvalue weighted by atomic mass is 9.94. The summed E-state index contributed by atoms with van der Waals surface area (Å²) in [7, 11) is 3.15. The van der Waals surface area contributed by atoms with Gasteiger partial charge in [-0.3, -0.25) is 9.59 Å². The second-order valence-electron chi connectivity index (χ2n) is 8.53. The van der Waals surface area contributed by atoms with Gasteiger partial charge in [-0.05, 0) is 53.8 Å². The van der Waals surface area contributed by atoms with E-state index in [1.165, 1.54) is 0 Å². The fraction of sp³-hybridized carbons (Fsp3) is 0.241. The van der Waals surface area contributed by atoms with Crippen molar-refractivity contribution in [2.75, 3.05) is 20.8 Å². The van der Waals surface area contributed by atoms with Gasteiger partial charge in [0.1, 0.15) is 5.76 Å². The molecule has 1 heterocycles. The summed E-state index contributed by atoms with van der Waals surface area (Å²) in [5, 5.41) is 11.2. The number of hydrogen-bond acceptors (Lipinski definition) is 5. The lowest BCUT2D eigenvalue weighted by Gasteiger charge is -2.25. The molecule has 186 valence electrons. The maximum absolute atomic E-state index is 13.2. The summed E-state index contributed by atoms with van der Waals surface area (Å²) in [5.41, 5.74) is 3.43. The number of amides is 1. The Morgan fingerprint density at radius 2 is 1.56 bits per heavy atom. The number of aryl methyl sites for hydroxylation is 1. The highest BCUT2D eigenvalue weighted by molar-refractivity contribution is 9.10. The Hall–Kier alpha value is -3.58. The predicted octanol–water partition coefficient (Wildman–Crippen LogP) is 5.69. The Balaban J connectivity index is 1.74. The number of ketones is 1. The zero-order chi connectivity index (χ0) is 25.8. The Labute approximate surface area is 219 Å². The van der Waals surface area contributed by atoms with Gasteiger partial charge < -0.3 is 19.5 Å². The summed E-state index contributed by atoms with van der Waals surface area (Å²) >= 11 is 3.39. The third-order valence-electron chi connectivity index (χ3n) is 6.45. The summed E-state index contributed by atoms with van der Waals surface area (Å²) in [6.07, 6.45) is 1.37. The van der Waals surface area contributed by atoms with Crippen molar-refractivity contribution in [1.82, 2.24) is 4.90 Å². The van der Waals surface area contributed by atoms with Gasteiger partial charge in [-0.25, -0.2) is 0 Å². The van der Waals surface area contributed by atoms with Gasteiger partial charge in [-0.2, -0.15) is 0 Å². The molecule has 1 atom stereocenters. The number of Topliss-reactive ketones (excluding diaryl/α,β-unsaturated/α-hetero) is 1. The van der Waals surface area contributed by atoms with Crippen LogP contribution in [-0.4, -0.2) is 42.5 Å². The minimum atomic E-state index is -0.695. The normalized spacial score (nSPS) is 16.9. The van der Waals surface area contributed by atoms with Gasteiger partial charge in [-0.15, -0.1) is 0 Å². The van der Waals surface area contributed by atoms with Crippen molar-refractivity contribution in [2.24, 2.45) is 0 Å². The monoisotopic (exact) mass is 549 g/mol. The van der Waals surface area contributed by atoms with Crippen molar-refractivity contribution in [1.29, 1.82) is 0 Å². The highest BCUT2D eigenvalue weighted by Gasteiger charge is 2.45. The summed E-state index contributed by atoms with van der Waals surface area (Å²) in [5.74, 6) is -0.281. The number of methoxy groups -OCH3 is 2. The van der Waals surface area contributed by atoms with Crippen molar-refractivity contribution in [3.63, 3.8) is 0 Å². The number of carbonyl (C=O) groups is 2. The molecular formula is C29H28BrNO5. The van der Waals surface area contributed by atoms with Crippen LogP contribution in [0.15, 0.2) is 76.8 Å². The second kappa shape index (κ2) is 11.0. The van der Waals surface area contributed by atoms with Gasteiger partial charge in [-0.1, -0.05) is 65.3 Å². The maximum atomic E-state index is 13.2. The standard InChI is InChI=1S/C29H28BrNO5/c1-4-18-5-8-20(9-6-18)26-25(27(32)21-10-12-22(30)13-11-21)28(33)29(34)31(26)16-15-19-7-14-23(35-2)24(17-19)36-3/h5-14,17,26,32H,4,15-16H2,1-3H3/t26-/m1/s1. The number of benzene rings is 3. The molecule has 0 bridgehead atoms. The van der Waals surface area contributed by atoms with Gasteiger partial charge in [0.15, 0.2) is 11.5 Å². The number of hydrogen-bond donors (Lipinski definition) is 1. The van der Waals surface area contributed by atoms with Crippen LogP contribution in [0.5, 0.6) is 11.5 Å². The van der Waals surface area contributed by atoms with E-state index in [-0.39, 0.29) is 17.9 Å². The van der Waals surface area contributed by atoms with Crippen LogP contribution in [0.3, 0.4) is 0 Å². The van der Waals surface area contributed by atoms with Crippen molar-refractivity contribution >= 4 is 33.4 Å². The van der Waals surface area contributed by atoms with Gasteiger partial charge >= 0.3 is 0 Å². The van der Waals surface area contributed by atoms with Crippen molar-refractivity contribution < 1.29 is 24.2 Å². The molecule has 1 saturated heterocycles. The first-order valence-electron chi connectivity index (χ1n) is 11.7. The molecule has 3 aromatic carbocycles. The smallest absolute Gasteiger partial charge is 0.295 e. The van der Waals surface area contributed by atoms with E-state index in [1.54, 1.807) is 43.4 Å². The summed E-state index contributed by atoms with van der Waals surface area (Å²) in [4.78, 5) is 28.0. The third-order valence-corrected chi connectivity index (χ3v) is 6.98. The van der Waals surface area contributed by atoms with E-state index in [1.807, 2.05) is 42.5 Å². The first-order chi connectivity index (χ1) is 17.4. The molecule has 0 spiro atoms. The molecule has 0 radical (unpaired) electrons. The van der Waals surface area contributed by atoms with Gasteiger partial charge in [0.2, 0.25) is 0 Å². The first kappa shape index (κ1) is 25.5. The highest BCUT2D eigenvalue weighted by Crippen LogP contribution is 2.40. The molecule has 1 aliphatic rings. The van der Waals surface area contributed by atoms with Crippen LogP contribution in [-0.2, 0) is 22.4 Å². The number of nitrogens with zero attached hydrogens (tertiary/aromatic N) is 1. The van der Waals surface area contributed by atoms with Crippen LogP contribution in [0.1, 0.15) is 35.2 Å². The number of ether oxygens (including phenoxy) is 2. The van der Waals surface area contributed by atoms with Gasteiger partial charge in [0, 0.05) is 16.6 Å². The largest absolute Gasteiger partial charge is 0.507 e. The lowest BCUT2D eigenvalue weighted by molar-refractivity contribution is -0.139. The van der Waals surface area contributed by atoms with Crippen LogP contribution in [0, 0.1) is 0 Å². The van der Waals surface area contributed by atoms with Crippen molar-refractivity contribution in [3.05, 3.63) is 99.0 Å². The average molecular weight is 550 g/mol. The molecule has 3 aromatic rings. The molecule has 6 nitrogen and oxygen atoms in total. The van der Waals surface area contributed by atoms with E-state index in [4.69, 9.17) is 9.47 Å². The molecule has 0 aliphatic carbocycles. The van der Waals surface area contributed by atoms with Crippen LogP contribution < -0.4 is 9.47 Å². The number of aliphatic hydroxyl groups is 1. The van der Waals surface area contributed by atoms with E-state index in [2.05, 4.69) is 22.9 Å². The average Bonchev–Trinajstić information content (AvgIpc) is 3.16. The molecule has 0 aromatic heterocycles. The molecule has 36 heavy (non-hydrogen) atoms. The Morgan fingerprint density at radius 1 is 0.917 bits per heavy atom. The zero-order valence-corrected chi connectivity index (χ0v) is 22.0. The molecule has 1 amide bonds. The minimum absolute atomic E-state index is 0.0962. The fourth-order valence-corrected chi connectivity index (χ4v) is 4.71. The second-order valence-corrected chi connectivity index (χ2v) is 9.45. The molecule has 0 saturated carbocycles. The topological polar surface area (TPSA) is 76.1 Å². The van der Waals surface area contributed by atoms with Crippen LogP contribution >= 0.6 is 15.9 Å². The van der Waals surface area contributed by atoms with E-state index < -0.39 is 17.7 Å². The van der Waals surface area contributed by atoms with Crippen LogP contribution in [0.4, 0.5) is 0 Å². The Bertz CT molecular complexity index is 1300. The number of likely N-dealkylation sites (tertiary alicyclic amines) is 1. The maximum Gasteiger partial charge on any atom is 0.295 e. The zero-order valence-electron chi connectivity index (χ0n) is 20.5. The molecule has 0 unspecified atom stereocenters. The number of halogens is 1. The van der Waals surface area contributed by atoms with Gasteiger partial charge in [0.05, 0.1) is 25.8 Å². The van der Waals surface area contributed by atoms with E-state index in [0.29, 0.717) is 23.5 Å². The van der Waals surface area contributed by atoms with E-state index in [9.17, 15) is 14.7 Å². The van der Waals surface area contributed by atoms with Crippen LogP contribution in [0.2, 0.25) is 0 Å². The highest BCUT2D eigenvalue weighted by atomic mass is 79.9. The quantitative estimate of drug-likeness (QED) is 0.222. The number of carbonyl (C=O) groups excluding carboxylic acids is 2. The van der Waals surface area contributed by atoms with E-state index in [0.717, 1.165) is 27.6 Å². The molecule has 1 aliphatic heterocycles. The number of rotatable bonds is 8. The molecule has 1 N–H and O–H groups in total. The Kier molecular flexibility index (Phi) is 7.79. The molecule has 4 rings (SSSR count).